The Balaban J connectivity index is 1.63. The highest BCUT2D eigenvalue weighted by molar-refractivity contribution is 5.94. The van der Waals surface area contributed by atoms with Gasteiger partial charge in [-0.3, -0.25) is 9.59 Å². The second-order valence-electron chi connectivity index (χ2n) is 7.14. The van der Waals surface area contributed by atoms with Crippen LogP contribution in [0.2, 0.25) is 0 Å². The second-order valence-corrected chi connectivity index (χ2v) is 7.14. The van der Waals surface area contributed by atoms with Crippen LogP contribution in [0.1, 0.15) is 40.1 Å². The Hall–Kier alpha value is -3.08. The Morgan fingerprint density at radius 2 is 1.89 bits per heavy atom. The summed E-state index contributed by atoms with van der Waals surface area (Å²) in [5.74, 6) is -0.196. The zero-order chi connectivity index (χ0) is 19.0. The maximum atomic E-state index is 13.1. The molecule has 0 fully saturated rings. The van der Waals surface area contributed by atoms with E-state index in [0.29, 0.717) is 13.1 Å². The summed E-state index contributed by atoms with van der Waals surface area (Å²) >= 11 is 0. The Labute approximate surface area is 158 Å². The quantitative estimate of drug-likeness (QED) is 0.719. The summed E-state index contributed by atoms with van der Waals surface area (Å²) in [5.41, 5.74) is 3.29. The lowest BCUT2D eigenvalue weighted by Crippen LogP contribution is -2.43. The normalized spacial score (nSPS) is 16.2. The smallest absolute Gasteiger partial charge is 0.263 e. The molecule has 138 valence electrons. The van der Waals surface area contributed by atoms with Gasteiger partial charge in [-0.15, -0.1) is 0 Å². The van der Waals surface area contributed by atoms with Crippen molar-refractivity contribution in [2.24, 2.45) is 0 Å². The molecule has 0 N–H and O–H groups in total. The first kappa shape index (κ1) is 17.3. The summed E-state index contributed by atoms with van der Waals surface area (Å²) in [7, 11) is 0. The number of amides is 1. The average molecular weight is 361 g/mol. The Morgan fingerprint density at radius 3 is 2.70 bits per heavy atom. The first-order valence-electron chi connectivity index (χ1n) is 9.25. The minimum atomic E-state index is -0.239. The van der Waals surface area contributed by atoms with Crippen LogP contribution in [0.15, 0.2) is 65.7 Å². The van der Waals surface area contributed by atoms with E-state index < -0.39 is 0 Å². The molecule has 1 aromatic carbocycles. The monoisotopic (exact) mass is 361 g/mol. The first-order chi connectivity index (χ1) is 13.0. The van der Waals surface area contributed by atoms with E-state index >= 15 is 0 Å². The molecule has 5 nitrogen and oxygen atoms in total. The number of hydrogen-bond acceptors (Lipinski definition) is 2. The highest BCUT2D eigenvalue weighted by atomic mass is 16.2. The molecule has 2 aromatic heterocycles. The van der Waals surface area contributed by atoms with Crippen LogP contribution >= 0.6 is 0 Å². The summed E-state index contributed by atoms with van der Waals surface area (Å²) in [6, 6.07) is 15.5. The van der Waals surface area contributed by atoms with Gasteiger partial charge in [0.05, 0.1) is 12.6 Å². The fourth-order valence-corrected chi connectivity index (χ4v) is 3.84. The van der Waals surface area contributed by atoms with Crippen LogP contribution in [0.4, 0.5) is 0 Å². The van der Waals surface area contributed by atoms with Crippen molar-refractivity contribution in [1.29, 1.82) is 0 Å². The number of rotatable bonds is 3. The van der Waals surface area contributed by atoms with Crippen molar-refractivity contribution < 1.29 is 4.79 Å². The molecule has 1 amide bonds. The molecule has 0 saturated heterocycles. The first-order valence-corrected chi connectivity index (χ1v) is 9.25. The predicted octanol–water partition coefficient (Wildman–Crippen LogP) is 3.22. The molecule has 0 bridgehead atoms. The van der Waals surface area contributed by atoms with E-state index in [1.54, 1.807) is 27.8 Å². The zero-order valence-electron chi connectivity index (χ0n) is 15.6. The Bertz CT molecular complexity index is 1050. The lowest BCUT2D eigenvalue weighted by molar-refractivity contribution is 0.0641. The standard InChI is InChI=1S/C22H23N3O2/c1-16-6-3-7-18(14-16)15-24-11-4-8-19(21(24)26)22(27)25-13-12-23-10-5-9-20(23)17(25)2/h3-11,14,17H,12-13,15H2,1-2H3. The molecular weight excluding hydrogens is 338 g/mol. The molecule has 1 atom stereocenters. The maximum Gasteiger partial charge on any atom is 0.263 e. The third kappa shape index (κ3) is 3.21. The largest absolute Gasteiger partial charge is 0.348 e. The van der Waals surface area contributed by atoms with Gasteiger partial charge in [-0.2, -0.15) is 0 Å². The van der Waals surface area contributed by atoms with Crippen LogP contribution in [0.3, 0.4) is 0 Å². The van der Waals surface area contributed by atoms with E-state index in [4.69, 9.17) is 0 Å². The molecule has 0 spiro atoms. The average Bonchev–Trinajstić information content (AvgIpc) is 3.13. The summed E-state index contributed by atoms with van der Waals surface area (Å²) in [6.07, 6.45) is 3.78. The molecule has 3 aromatic rings. The zero-order valence-corrected chi connectivity index (χ0v) is 15.6. The minimum absolute atomic E-state index is 0.0499. The summed E-state index contributed by atoms with van der Waals surface area (Å²) in [4.78, 5) is 27.9. The van der Waals surface area contributed by atoms with Crippen LogP contribution in [0.25, 0.3) is 0 Å². The van der Waals surface area contributed by atoms with Gasteiger partial charge in [0.2, 0.25) is 0 Å². The number of carbonyl (C=O) groups is 1. The lowest BCUT2D eigenvalue weighted by atomic mass is 10.1. The molecule has 0 saturated carbocycles. The van der Waals surface area contributed by atoms with Crippen LogP contribution in [-0.2, 0) is 13.1 Å². The van der Waals surface area contributed by atoms with Crippen molar-refractivity contribution in [1.82, 2.24) is 14.0 Å². The number of nitrogens with zero attached hydrogens (tertiary/aromatic N) is 3. The fraction of sp³-hybridized carbons (Fsp3) is 0.273. The number of pyridine rings is 1. The summed E-state index contributed by atoms with van der Waals surface area (Å²) in [5, 5.41) is 0. The van der Waals surface area contributed by atoms with Gasteiger partial charge in [0.25, 0.3) is 11.5 Å². The van der Waals surface area contributed by atoms with Crippen molar-refractivity contribution in [2.75, 3.05) is 6.54 Å². The predicted molar refractivity (Wildman–Crippen MR) is 105 cm³/mol. The third-order valence-electron chi connectivity index (χ3n) is 5.29. The topological polar surface area (TPSA) is 47.2 Å². The molecule has 1 aliphatic rings. The van der Waals surface area contributed by atoms with Crippen LogP contribution in [0, 0.1) is 6.92 Å². The van der Waals surface area contributed by atoms with Crippen molar-refractivity contribution >= 4 is 5.91 Å². The van der Waals surface area contributed by atoms with E-state index in [9.17, 15) is 9.59 Å². The number of aryl methyl sites for hydroxylation is 1. The molecule has 5 heteroatoms. The third-order valence-corrected chi connectivity index (χ3v) is 5.29. The minimum Gasteiger partial charge on any atom is -0.348 e. The van der Waals surface area contributed by atoms with E-state index in [1.165, 1.54) is 0 Å². The Morgan fingerprint density at radius 1 is 1.07 bits per heavy atom. The highest BCUT2D eigenvalue weighted by Gasteiger charge is 2.29. The van der Waals surface area contributed by atoms with Gasteiger partial charge in [0.15, 0.2) is 0 Å². The van der Waals surface area contributed by atoms with Crippen molar-refractivity contribution in [3.05, 3.63) is 93.7 Å². The van der Waals surface area contributed by atoms with Gasteiger partial charge in [-0.1, -0.05) is 29.8 Å². The van der Waals surface area contributed by atoms with Gasteiger partial charge < -0.3 is 14.0 Å². The maximum absolute atomic E-state index is 13.1. The molecular formula is C22H23N3O2. The van der Waals surface area contributed by atoms with Gasteiger partial charge in [-0.25, -0.2) is 0 Å². The van der Waals surface area contributed by atoms with E-state index in [2.05, 4.69) is 10.6 Å². The molecule has 1 aliphatic heterocycles. The number of benzene rings is 1. The van der Waals surface area contributed by atoms with Crippen molar-refractivity contribution in [2.45, 2.75) is 33.0 Å². The van der Waals surface area contributed by atoms with Gasteiger partial charge in [-0.05, 0) is 43.7 Å². The number of aromatic nitrogens is 2. The molecule has 27 heavy (non-hydrogen) atoms. The van der Waals surface area contributed by atoms with Gasteiger partial charge in [0.1, 0.15) is 5.56 Å². The molecule has 4 rings (SSSR count). The molecule has 0 radical (unpaired) electrons. The number of hydrogen-bond donors (Lipinski definition) is 0. The lowest BCUT2D eigenvalue weighted by Gasteiger charge is -2.34. The fourth-order valence-electron chi connectivity index (χ4n) is 3.84. The second kappa shape index (κ2) is 6.91. The van der Waals surface area contributed by atoms with Crippen LogP contribution in [-0.4, -0.2) is 26.5 Å². The van der Waals surface area contributed by atoms with Crippen LogP contribution < -0.4 is 5.56 Å². The van der Waals surface area contributed by atoms with Gasteiger partial charge >= 0.3 is 0 Å². The highest BCUT2D eigenvalue weighted by Crippen LogP contribution is 2.26. The summed E-state index contributed by atoms with van der Waals surface area (Å²) < 4.78 is 3.77. The molecule has 0 aliphatic carbocycles. The van der Waals surface area contributed by atoms with E-state index in [-0.39, 0.29) is 23.1 Å². The van der Waals surface area contributed by atoms with Gasteiger partial charge in [0, 0.05) is 31.2 Å². The summed E-state index contributed by atoms with van der Waals surface area (Å²) in [6.45, 7) is 5.85. The van der Waals surface area contributed by atoms with Crippen molar-refractivity contribution in [3.63, 3.8) is 0 Å². The van der Waals surface area contributed by atoms with E-state index in [1.807, 2.05) is 50.4 Å². The number of carbonyl (C=O) groups excluding carboxylic acids is 1. The Kier molecular flexibility index (Phi) is 4.44. The van der Waals surface area contributed by atoms with Crippen LogP contribution in [0.5, 0.6) is 0 Å². The SMILES string of the molecule is Cc1cccc(Cn2cccc(C(=O)N3CCn4cccc4C3C)c2=O)c1. The van der Waals surface area contributed by atoms with E-state index in [0.717, 1.165) is 23.4 Å². The number of fused-ring (bicyclic) bond motifs is 1. The molecule has 3 heterocycles. The molecule has 1 unspecified atom stereocenters. The van der Waals surface area contributed by atoms with Crippen molar-refractivity contribution in [3.8, 4) is 0 Å².